The smallest absolute Gasteiger partial charge is 0.345 e. The molecule has 0 aliphatic carbocycles. The van der Waals surface area contributed by atoms with Gasteiger partial charge in [-0.05, 0) is 52.3 Å². The van der Waals surface area contributed by atoms with Crippen LogP contribution in [0.5, 0.6) is 0 Å². The lowest BCUT2D eigenvalue weighted by Crippen LogP contribution is -2.07. The third-order valence-electron chi connectivity index (χ3n) is 5.16. The van der Waals surface area contributed by atoms with Crippen LogP contribution in [0.15, 0.2) is 57.7 Å². The summed E-state index contributed by atoms with van der Waals surface area (Å²) in [5, 5.41) is 22.5. The number of hydrogen-bond acceptors (Lipinski definition) is 5. The summed E-state index contributed by atoms with van der Waals surface area (Å²) in [7, 11) is 0. The first kappa shape index (κ1) is 29.2. The topological polar surface area (TPSA) is 98.5 Å². The van der Waals surface area contributed by atoms with Crippen molar-refractivity contribution in [3.8, 4) is 39.0 Å². The van der Waals surface area contributed by atoms with Crippen molar-refractivity contribution in [3.05, 3.63) is 93.6 Å². The Hall–Kier alpha value is -2.79. The van der Waals surface area contributed by atoms with Crippen molar-refractivity contribution < 1.29 is 18.1 Å². The second-order valence-electron chi connectivity index (χ2n) is 7.63. The summed E-state index contributed by atoms with van der Waals surface area (Å²) in [4.78, 5) is 16.9. The second kappa shape index (κ2) is 11.8. The van der Waals surface area contributed by atoms with Crippen molar-refractivity contribution in [2.45, 2.75) is 6.18 Å². The maximum absolute atomic E-state index is 13.5. The van der Waals surface area contributed by atoms with E-state index in [2.05, 4.69) is 25.9 Å². The molecular weight excluding hydrogens is 684 g/mol. The quantitative estimate of drug-likeness (QED) is 0.145. The molecule has 6 nitrogen and oxygen atoms in total. The number of nitrogens with zero attached hydrogens (tertiary/aromatic N) is 2. The summed E-state index contributed by atoms with van der Waals surface area (Å²) in [6.07, 6.45) is -4.78. The molecule has 4 aromatic heterocycles. The van der Waals surface area contributed by atoms with Gasteiger partial charge in [0.2, 0.25) is 0 Å². The summed E-state index contributed by atoms with van der Waals surface area (Å²) in [5.74, 6) is 0. The van der Waals surface area contributed by atoms with Gasteiger partial charge in [0.25, 0.3) is 0 Å². The largest absolute Gasteiger partial charge is 0.432 e. The van der Waals surface area contributed by atoms with Crippen LogP contribution in [0, 0.1) is 21.4 Å². The van der Waals surface area contributed by atoms with E-state index in [0.717, 1.165) is 21.9 Å². The molecule has 0 amide bonds. The van der Waals surface area contributed by atoms with E-state index in [1.54, 1.807) is 6.07 Å². The molecule has 5 aromatic rings. The minimum absolute atomic E-state index is 0.118. The van der Waals surface area contributed by atoms with Gasteiger partial charge in [-0.1, -0.05) is 46.9 Å². The zero-order valence-corrected chi connectivity index (χ0v) is 24.4. The number of halogens is 7. The molecule has 200 valence electrons. The number of H-pyrrole nitrogens is 2. The van der Waals surface area contributed by atoms with Crippen LogP contribution in [-0.4, -0.2) is 14.9 Å². The van der Waals surface area contributed by atoms with E-state index >= 15 is 0 Å². The van der Waals surface area contributed by atoms with Crippen LogP contribution < -0.4 is 0 Å². The predicted molar refractivity (Wildman–Crippen MR) is 153 cm³/mol. The van der Waals surface area contributed by atoms with E-state index in [4.69, 9.17) is 40.1 Å². The number of benzene rings is 1. The molecule has 15 heteroatoms. The Labute approximate surface area is 249 Å². The van der Waals surface area contributed by atoms with Crippen molar-refractivity contribution in [3.63, 3.8) is 0 Å². The van der Waals surface area contributed by atoms with Crippen molar-refractivity contribution >= 4 is 79.1 Å². The van der Waals surface area contributed by atoms with E-state index < -0.39 is 28.0 Å². The van der Waals surface area contributed by atoms with E-state index in [1.165, 1.54) is 47.0 Å². The fraction of sp³-hybridized carbons (Fsp3) is 0.0417. The molecule has 0 bridgehead atoms. The van der Waals surface area contributed by atoms with Gasteiger partial charge in [0.1, 0.15) is 22.6 Å². The van der Waals surface area contributed by atoms with Gasteiger partial charge in [-0.2, -0.15) is 18.4 Å². The first-order valence-electron chi connectivity index (χ1n) is 10.4. The van der Waals surface area contributed by atoms with Gasteiger partial charge in [-0.15, -0.1) is 22.7 Å². The molecule has 39 heavy (non-hydrogen) atoms. The summed E-state index contributed by atoms with van der Waals surface area (Å²) in [6.45, 7) is 0. The molecule has 0 radical (unpaired) electrons. The number of alkyl halides is 3. The fourth-order valence-corrected chi connectivity index (χ4v) is 6.02. The number of hydrogen-bond donors (Lipinski definition) is 2. The highest BCUT2D eigenvalue weighted by molar-refractivity contribution is 9.11. The molecule has 0 spiro atoms. The van der Waals surface area contributed by atoms with E-state index in [9.17, 15) is 23.3 Å². The van der Waals surface area contributed by atoms with Gasteiger partial charge in [-0.25, -0.2) is 0 Å². The van der Waals surface area contributed by atoms with E-state index in [1.807, 2.05) is 18.2 Å². The van der Waals surface area contributed by atoms with Gasteiger partial charge in [0, 0.05) is 21.5 Å². The Morgan fingerprint density at radius 1 is 1.03 bits per heavy atom. The third kappa shape index (κ3) is 6.51. The summed E-state index contributed by atoms with van der Waals surface area (Å²) in [6, 6.07) is 14.6. The van der Waals surface area contributed by atoms with Gasteiger partial charge in [0.15, 0.2) is 0 Å². The lowest BCUT2D eigenvalue weighted by atomic mass is 10.0. The highest BCUT2D eigenvalue weighted by Gasteiger charge is 2.42. The minimum Gasteiger partial charge on any atom is -0.345 e. The molecule has 0 atom stereocenters. The zero-order valence-electron chi connectivity index (χ0n) is 18.9. The first-order valence-corrected chi connectivity index (χ1v) is 14.0. The van der Waals surface area contributed by atoms with Crippen LogP contribution in [-0.2, 0) is 6.18 Å². The second-order valence-corrected chi connectivity index (χ2v) is 12.4. The number of aromatic amines is 2. The monoisotopic (exact) mass is 692 g/mol. The highest BCUT2D eigenvalue weighted by Crippen LogP contribution is 2.48. The molecule has 4 heterocycles. The molecule has 0 fully saturated rings. The van der Waals surface area contributed by atoms with Crippen molar-refractivity contribution in [1.82, 2.24) is 9.97 Å². The van der Waals surface area contributed by atoms with Gasteiger partial charge < -0.3 is 9.97 Å². The van der Waals surface area contributed by atoms with Crippen LogP contribution in [0.4, 0.5) is 18.9 Å². The van der Waals surface area contributed by atoms with Crippen molar-refractivity contribution in [1.29, 1.82) is 5.26 Å². The molecule has 1 aromatic carbocycles. The molecule has 0 aliphatic rings. The lowest BCUT2D eigenvalue weighted by Gasteiger charge is -2.06. The number of thiophene rings is 2. The maximum atomic E-state index is 13.5. The Morgan fingerprint density at radius 3 is 2.21 bits per heavy atom. The lowest BCUT2D eigenvalue weighted by molar-refractivity contribution is -0.383. The van der Waals surface area contributed by atoms with Gasteiger partial charge >= 0.3 is 11.9 Å². The van der Waals surface area contributed by atoms with Gasteiger partial charge in [0.05, 0.1) is 34.7 Å². The number of nitriles is 1. The van der Waals surface area contributed by atoms with E-state index in [0.29, 0.717) is 23.9 Å². The first-order chi connectivity index (χ1) is 18.4. The molecule has 0 unspecified atom stereocenters. The molecular formula is C24H11BrCl3F3N4O2S2. The van der Waals surface area contributed by atoms with Crippen molar-refractivity contribution in [2.24, 2.45) is 0 Å². The molecule has 2 N–H and O–H groups in total. The van der Waals surface area contributed by atoms with Crippen LogP contribution in [0.3, 0.4) is 0 Å². The summed E-state index contributed by atoms with van der Waals surface area (Å²) >= 11 is 23.1. The van der Waals surface area contributed by atoms with Crippen LogP contribution in [0.1, 0.15) is 11.3 Å². The van der Waals surface area contributed by atoms with Crippen LogP contribution in [0.25, 0.3) is 33.0 Å². The minimum atomic E-state index is -4.78. The molecule has 0 saturated carbocycles. The van der Waals surface area contributed by atoms with E-state index in [-0.39, 0.29) is 16.8 Å². The molecule has 5 rings (SSSR count). The summed E-state index contributed by atoms with van der Waals surface area (Å²) < 4.78 is 41.8. The SMILES string of the molecule is N#Cc1cc(-c2ccc(Cl)s2)[nH]c1Cl.O=[N+]([O-])c1c(-c2ccc(Cl)cc2)[nH]c(C(F)(F)F)c1-c1csc(Br)c1. The molecule has 0 aliphatic heterocycles. The van der Waals surface area contributed by atoms with Crippen molar-refractivity contribution in [2.75, 3.05) is 0 Å². The Morgan fingerprint density at radius 2 is 1.72 bits per heavy atom. The third-order valence-corrected chi connectivity index (χ3v) is 8.48. The predicted octanol–water partition coefficient (Wildman–Crippen LogP) is 10.7. The standard InChI is InChI=1S/C15H7BrClF3N2O2S.C9H4Cl2N2S/c16-10-5-8(6-25-10)11-13(22(23)24)12(21-14(11)15(18,19)20)7-1-3-9(17)4-2-7;10-8-2-1-7(14-8)6-3-5(4-12)9(11)13-6/h1-6,21H;1-3,13H. The average molecular weight is 695 g/mol. The molecule has 0 saturated heterocycles. The Balaban J connectivity index is 0.000000212. The Bertz CT molecular complexity index is 1700. The number of aromatic nitrogens is 2. The maximum Gasteiger partial charge on any atom is 0.432 e. The van der Waals surface area contributed by atoms with Crippen LogP contribution in [0.2, 0.25) is 14.5 Å². The average Bonchev–Trinajstić information content (AvgIpc) is 3.65. The zero-order chi connectivity index (χ0) is 28.5. The van der Waals surface area contributed by atoms with Gasteiger partial charge in [-0.3, -0.25) is 10.1 Å². The Kier molecular flexibility index (Phi) is 8.80. The number of rotatable bonds is 4. The highest BCUT2D eigenvalue weighted by atomic mass is 79.9. The fourth-order valence-electron chi connectivity index (χ4n) is 3.54. The normalized spacial score (nSPS) is 11.1. The number of nitro groups is 1. The number of nitrogens with one attached hydrogen (secondary N) is 2. The summed E-state index contributed by atoms with van der Waals surface area (Å²) in [5.41, 5.74) is -0.853. The van der Waals surface area contributed by atoms with Crippen LogP contribution >= 0.6 is 73.4 Å².